The molecule has 1 aliphatic rings. The molecular weight excluding hydrogens is 300 g/mol. The number of aliphatic carboxylic acids is 1. The number of carboxylic acid groups (broad SMARTS) is 1. The number of furan rings is 1. The minimum absolute atomic E-state index is 0.210. The topological polar surface area (TPSA) is 92.0 Å². The van der Waals surface area contributed by atoms with Crippen molar-refractivity contribution >= 4 is 12.1 Å². The summed E-state index contributed by atoms with van der Waals surface area (Å²) in [6, 6.07) is 3.74. The van der Waals surface area contributed by atoms with Crippen LogP contribution in [0.15, 0.2) is 16.5 Å². The number of amides is 1. The second kappa shape index (κ2) is 6.23. The number of alkyl carbamates (subject to hydrolysis) is 1. The molecule has 0 bridgehead atoms. The highest BCUT2D eigenvalue weighted by Gasteiger charge is 2.47. The number of hydrogen-bond acceptors (Lipinski definition) is 5. The Balaban J connectivity index is 2.02. The van der Waals surface area contributed by atoms with Gasteiger partial charge in [0.25, 0.3) is 0 Å². The van der Waals surface area contributed by atoms with Crippen LogP contribution in [0.3, 0.4) is 0 Å². The molecule has 7 heteroatoms. The van der Waals surface area contributed by atoms with E-state index in [9.17, 15) is 14.7 Å². The molecule has 2 N–H and O–H groups in total. The van der Waals surface area contributed by atoms with Crippen LogP contribution in [0.25, 0.3) is 0 Å². The highest BCUT2D eigenvalue weighted by molar-refractivity contribution is 5.85. The lowest BCUT2D eigenvalue weighted by Crippen LogP contribution is -2.57. The Morgan fingerprint density at radius 1 is 1.43 bits per heavy atom. The number of hydrogen-bond donors (Lipinski definition) is 2. The van der Waals surface area contributed by atoms with Gasteiger partial charge in [0.15, 0.2) is 5.54 Å². The lowest BCUT2D eigenvalue weighted by Gasteiger charge is -2.28. The van der Waals surface area contributed by atoms with Crippen molar-refractivity contribution in [2.75, 3.05) is 13.1 Å². The van der Waals surface area contributed by atoms with Crippen LogP contribution in [-0.2, 0) is 16.1 Å². The van der Waals surface area contributed by atoms with Gasteiger partial charge in [-0.25, -0.2) is 9.59 Å². The molecule has 0 radical (unpaired) electrons. The first-order valence-corrected chi connectivity index (χ1v) is 7.62. The number of aryl methyl sites for hydroxylation is 1. The van der Waals surface area contributed by atoms with Crippen LogP contribution in [0.2, 0.25) is 0 Å². The number of carboxylic acids is 1. The summed E-state index contributed by atoms with van der Waals surface area (Å²) in [4.78, 5) is 25.6. The lowest BCUT2D eigenvalue weighted by atomic mass is 9.99. The zero-order valence-electron chi connectivity index (χ0n) is 14.0. The fourth-order valence-corrected chi connectivity index (χ4v) is 2.64. The maximum Gasteiger partial charge on any atom is 0.408 e. The van der Waals surface area contributed by atoms with Crippen LogP contribution < -0.4 is 5.32 Å². The highest BCUT2D eigenvalue weighted by atomic mass is 16.6. The number of nitrogens with one attached hydrogen (secondary N) is 1. The molecular formula is C16H24N2O5. The van der Waals surface area contributed by atoms with E-state index in [1.165, 1.54) is 0 Å². The van der Waals surface area contributed by atoms with Gasteiger partial charge in [-0.1, -0.05) is 0 Å². The number of ether oxygens (including phenoxy) is 1. The molecule has 2 rings (SSSR count). The van der Waals surface area contributed by atoms with Crippen molar-refractivity contribution in [2.45, 2.75) is 51.8 Å². The molecule has 1 amide bonds. The molecule has 1 atom stereocenters. The number of carbonyl (C=O) groups is 2. The van der Waals surface area contributed by atoms with Crippen LogP contribution in [0.4, 0.5) is 4.79 Å². The lowest BCUT2D eigenvalue weighted by molar-refractivity contribution is -0.144. The quantitative estimate of drug-likeness (QED) is 0.881. The monoisotopic (exact) mass is 324 g/mol. The summed E-state index contributed by atoms with van der Waals surface area (Å²) in [5, 5.41) is 12.1. The van der Waals surface area contributed by atoms with E-state index in [4.69, 9.17) is 9.15 Å². The van der Waals surface area contributed by atoms with Crippen molar-refractivity contribution < 1.29 is 23.8 Å². The molecule has 1 unspecified atom stereocenters. The summed E-state index contributed by atoms with van der Waals surface area (Å²) in [6.45, 7) is 8.35. The largest absolute Gasteiger partial charge is 0.479 e. The summed E-state index contributed by atoms with van der Waals surface area (Å²) >= 11 is 0. The fourth-order valence-electron chi connectivity index (χ4n) is 2.64. The Kier molecular flexibility index (Phi) is 4.70. The number of likely N-dealkylation sites (tertiary alicyclic amines) is 1. The standard InChI is InChI=1S/C16H24N2O5/c1-11-5-6-12(22-11)9-18-8-7-16(10-18,13(19)20)17-14(21)23-15(2,3)4/h5-6H,7-10H2,1-4H3,(H,17,21)(H,19,20). The SMILES string of the molecule is Cc1ccc(CN2CCC(NC(=O)OC(C)(C)C)(C(=O)O)C2)o1. The van der Waals surface area contributed by atoms with Gasteiger partial charge in [0, 0.05) is 13.1 Å². The summed E-state index contributed by atoms with van der Waals surface area (Å²) in [5.41, 5.74) is -2.00. The van der Waals surface area contributed by atoms with Crippen molar-refractivity contribution in [3.05, 3.63) is 23.7 Å². The van der Waals surface area contributed by atoms with Gasteiger partial charge in [0.1, 0.15) is 17.1 Å². The average molecular weight is 324 g/mol. The second-order valence-electron chi connectivity index (χ2n) is 6.99. The first-order valence-electron chi connectivity index (χ1n) is 7.62. The molecule has 23 heavy (non-hydrogen) atoms. The van der Waals surface area contributed by atoms with Crippen LogP contribution in [0, 0.1) is 6.92 Å². The maximum absolute atomic E-state index is 12.0. The number of rotatable bonds is 4. The van der Waals surface area contributed by atoms with E-state index < -0.39 is 23.2 Å². The predicted octanol–water partition coefficient (Wildman–Crippen LogP) is 2.14. The third-order valence-corrected chi connectivity index (χ3v) is 3.67. The van der Waals surface area contributed by atoms with Gasteiger partial charge in [-0.2, -0.15) is 0 Å². The van der Waals surface area contributed by atoms with Crippen LogP contribution in [-0.4, -0.2) is 46.3 Å². The molecule has 0 saturated carbocycles. The van der Waals surface area contributed by atoms with Crippen LogP contribution >= 0.6 is 0 Å². The van der Waals surface area contributed by atoms with E-state index in [0.29, 0.717) is 19.5 Å². The summed E-state index contributed by atoms with van der Waals surface area (Å²) in [7, 11) is 0. The van der Waals surface area contributed by atoms with Gasteiger partial charge in [-0.05, 0) is 46.2 Å². The Hall–Kier alpha value is -2.02. The zero-order chi connectivity index (χ0) is 17.3. The summed E-state index contributed by atoms with van der Waals surface area (Å²) < 4.78 is 10.7. The molecule has 2 heterocycles. The number of carbonyl (C=O) groups excluding carboxylic acids is 1. The first-order chi connectivity index (χ1) is 10.6. The normalized spacial score (nSPS) is 22.1. The van der Waals surface area contributed by atoms with Gasteiger partial charge in [-0.15, -0.1) is 0 Å². The molecule has 1 fully saturated rings. The van der Waals surface area contributed by atoms with E-state index in [1.54, 1.807) is 20.8 Å². The molecule has 0 aromatic carbocycles. The minimum Gasteiger partial charge on any atom is -0.479 e. The van der Waals surface area contributed by atoms with E-state index >= 15 is 0 Å². The Morgan fingerprint density at radius 2 is 2.13 bits per heavy atom. The smallest absolute Gasteiger partial charge is 0.408 e. The fraction of sp³-hybridized carbons (Fsp3) is 0.625. The Morgan fingerprint density at radius 3 is 2.65 bits per heavy atom. The van der Waals surface area contributed by atoms with Crippen molar-refractivity contribution in [1.82, 2.24) is 10.2 Å². The summed E-state index contributed by atoms with van der Waals surface area (Å²) in [6.07, 6.45) is -0.392. The molecule has 1 aromatic heterocycles. The molecule has 1 aliphatic heterocycles. The van der Waals surface area contributed by atoms with Crippen LogP contribution in [0.5, 0.6) is 0 Å². The van der Waals surface area contributed by atoms with Crippen LogP contribution in [0.1, 0.15) is 38.7 Å². The van der Waals surface area contributed by atoms with Crippen molar-refractivity contribution in [3.63, 3.8) is 0 Å². The van der Waals surface area contributed by atoms with Gasteiger partial charge >= 0.3 is 12.1 Å². The Labute approximate surface area is 135 Å². The van der Waals surface area contributed by atoms with E-state index in [0.717, 1.165) is 11.5 Å². The van der Waals surface area contributed by atoms with E-state index in [1.807, 2.05) is 24.0 Å². The van der Waals surface area contributed by atoms with Crippen molar-refractivity contribution in [3.8, 4) is 0 Å². The van der Waals surface area contributed by atoms with Gasteiger partial charge in [0.2, 0.25) is 0 Å². The maximum atomic E-state index is 12.0. The average Bonchev–Trinajstić information content (AvgIpc) is 2.95. The molecule has 1 saturated heterocycles. The van der Waals surface area contributed by atoms with Gasteiger partial charge in [-0.3, -0.25) is 4.90 Å². The van der Waals surface area contributed by atoms with E-state index in [2.05, 4.69) is 5.32 Å². The predicted molar refractivity (Wildman–Crippen MR) is 83.1 cm³/mol. The molecule has 7 nitrogen and oxygen atoms in total. The zero-order valence-corrected chi connectivity index (χ0v) is 14.0. The van der Waals surface area contributed by atoms with Gasteiger partial charge < -0.3 is 19.6 Å². The van der Waals surface area contributed by atoms with Crippen molar-refractivity contribution in [1.29, 1.82) is 0 Å². The molecule has 0 spiro atoms. The minimum atomic E-state index is -1.33. The molecule has 1 aromatic rings. The molecule has 128 valence electrons. The second-order valence-corrected chi connectivity index (χ2v) is 6.99. The van der Waals surface area contributed by atoms with Crippen molar-refractivity contribution in [2.24, 2.45) is 0 Å². The Bertz CT molecular complexity index is 590. The summed E-state index contributed by atoms with van der Waals surface area (Å²) in [5.74, 6) is 0.540. The number of nitrogens with zero attached hydrogens (tertiary/aromatic N) is 1. The molecule has 0 aliphatic carbocycles. The van der Waals surface area contributed by atoms with E-state index in [-0.39, 0.29) is 6.54 Å². The third kappa shape index (κ3) is 4.48. The highest BCUT2D eigenvalue weighted by Crippen LogP contribution is 2.25. The third-order valence-electron chi connectivity index (χ3n) is 3.67. The van der Waals surface area contributed by atoms with Gasteiger partial charge in [0.05, 0.1) is 6.54 Å². The first kappa shape index (κ1) is 17.3.